The van der Waals surface area contributed by atoms with Crippen molar-refractivity contribution in [2.45, 2.75) is 18.9 Å². The van der Waals surface area contributed by atoms with Crippen LogP contribution in [0.2, 0.25) is 0 Å². The molecule has 1 aliphatic rings. The minimum absolute atomic E-state index is 0.0124. The summed E-state index contributed by atoms with van der Waals surface area (Å²) < 4.78 is 7.59. The molecule has 0 N–H and O–H groups in total. The highest BCUT2D eigenvalue weighted by Crippen LogP contribution is 2.19. The Kier molecular flexibility index (Phi) is 4.76. The zero-order chi connectivity index (χ0) is 20.3. The van der Waals surface area contributed by atoms with E-state index in [-0.39, 0.29) is 12.0 Å². The number of likely N-dealkylation sites (tertiary alicyclic amines) is 1. The second-order valence-electron chi connectivity index (χ2n) is 7.03. The van der Waals surface area contributed by atoms with E-state index in [2.05, 4.69) is 25.3 Å². The maximum absolute atomic E-state index is 12.8. The number of amides is 1. The molecule has 0 radical (unpaired) electrons. The summed E-state index contributed by atoms with van der Waals surface area (Å²) in [6, 6.07) is 12.9. The Labute approximate surface area is 172 Å². The minimum atomic E-state index is -0.102. The molecule has 0 saturated carbocycles. The van der Waals surface area contributed by atoms with Crippen LogP contribution in [0.5, 0.6) is 5.88 Å². The standard InChI is InChI=1S/C21H19N7O2/c29-21(18-14-22-16-4-1-2-5-17(16)24-18)27-12-8-15(9-13-27)30-20-7-6-19(25-26-20)28-11-3-10-23-28/h1-7,10-11,14-15H,8-9,12-13H2. The van der Waals surface area contributed by atoms with Gasteiger partial charge in [-0.05, 0) is 24.3 Å². The van der Waals surface area contributed by atoms with Gasteiger partial charge in [0.05, 0.1) is 17.2 Å². The zero-order valence-corrected chi connectivity index (χ0v) is 16.1. The summed E-state index contributed by atoms with van der Waals surface area (Å²) in [5.41, 5.74) is 1.87. The fraction of sp³-hybridized carbons (Fsp3) is 0.238. The number of rotatable bonds is 4. The number of carbonyl (C=O) groups is 1. The number of nitrogens with zero attached hydrogens (tertiary/aromatic N) is 7. The number of carbonyl (C=O) groups excluding carboxylic acids is 1. The molecule has 9 heteroatoms. The molecule has 9 nitrogen and oxygen atoms in total. The van der Waals surface area contributed by atoms with Crippen molar-refractivity contribution in [2.75, 3.05) is 13.1 Å². The largest absolute Gasteiger partial charge is 0.473 e. The van der Waals surface area contributed by atoms with Gasteiger partial charge < -0.3 is 9.64 Å². The molecule has 1 aromatic carbocycles. The van der Waals surface area contributed by atoms with Crippen LogP contribution >= 0.6 is 0 Å². The van der Waals surface area contributed by atoms with Gasteiger partial charge in [0, 0.05) is 44.4 Å². The maximum atomic E-state index is 12.8. The van der Waals surface area contributed by atoms with Crippen molar-refractivity contribution in [1.29, 1.82) is 0 Å². The molecule has 5 rings (SSSR count). The topological polar surface area (TPSA) is 98.9 Å². The molecule has 0 unspecified atom stereocenters. The zero-order valence-electron chi connectivity index (χ0n) is 16.1. The summed E-state index contributed by atoms with van der Waals surface area (Å²) in [5.74, 6) is 0.996. The minimum Gasteiger partial charge on any atom is -0.473 e. The van der Waals surface area contributed by atoms with Crippen molar-refractivity contribution in [3.63, 3.8) is 0 Å². The van der Waals surface area contributed by atoms with Gasteiger partial charge in [-0.1, -0.05) is 12.1 Å². The molecule has 3 aromatic heterocycles. The van der Waals surface area contributed by atoms with Gasteiger partial charge in [-0.25, -0.2) is 9.67 Å². The third-order valence-corrected chi connectivity index (χ3v) is 5.05. The number of para-hydroxylation sites is 2. The average molecular weight is 401 g/mol. The quantitative estimate of drug-likeness (QED) is 0.517. The summed E-state index contributed by atoms with van der Waals surface area (Å²) in [4.78, 5) is 23.4. The Morgan fingerprint density at radius 1 is 1.00 bits per heavy atom. The predicted molar refractivity (Wildman–Crippen MR) is 108 cm³/mol. The molecular formula is C21H19N7O2. The first-order valence-corrected chi connectivity index (χ1v) is 9.78. The molecular weight excluding hydrogens is 382 g/mol. The van der Waals surface area contributed by atoms with E-state index in [0.29, 0.717) is 30.5 Å². The Morgan fingerprint density at radius 3 is 2.57 bits per heavy atom. The molecule has 4 aromatic rings. The third-order valence-electron chi connectivity index (χ3n) is 5.05. The highest BCUT2D eigenvalue weighted by Gasteiger charge is 2.26. The predicted octanol–water partition coefficient (Wildman–Crippen LogP) is 2.29. The summed E-state index contributed by atoms with van der Waals surface area (Å²) >= 11 is 0. The highest BCUT2D eigenvalue weighted by atomic mass is 16.5. The Hall–Kier alpha value is -3.88. The van der Waals surface area contributed by atoms with Crippen molar-refractivity contribution < 1.29 is 9.53 Å². The Balaban J connectivity index is 1.19. The van der Waals surface area contributed by atoms with Gasteiger partial charge in [-0.15, -0.1) is 10.2 Å². The van der Waals surface area contributed by atoms with E-state index in [0.717, 1.165) is 23.9 Å². The lowest BCUT2D eigenvalue weighted by Gasteiger charge is -2.31. The van der Waals surface area contributed by atoms with E-state index in [1.165, 1.54) is 0 Å². The van der Waals surface area contributed by atoms with Crippen molar-refractivity contribution in [3.8, 4) is 11.7 Å². The monoisotopic (exact) mass is 401 g/mol. The van der Waals surface area contributed by atoms with Crippen LogP contribution in [0.25, 0.3) is 16.9 Å². The van der Waals surface area contributed by atoms with Gasteiger partial charge in [0.2, 0.25) is 5.88 Å². The first kappa shape index (κ1) is 18.2. The fourth-order valence-corrected chi connectivity index (χ4v) is 3.47. The van der Waals surface area contributed by atoms with Crippen LogP contribution in [0.3, 0.4) is 0 Å². The average Bonchev–Trinajstić information content (AvgIpc) is 3.34. The SMILES string of the molecule is O=C(c1cnc2ccccc2n1)N1CCC(Oc2ccc(-n3cccn3)nn2)CC1. The number of fused-ring (bicyclic) bond motifs is 1. The van der Waals surface area contributed by atoms with E-state index >= 15 is 0 Å². The van der Waals surface area contributed by atoms with Crippen LogP contribution in [0.4, 0.5) is 0 Å². The van der Waals surface area contributed by atoms with E-state index in [4.69, 9.17) is 4.74 Å². The number of ether oxygens (including phenoxy) is 1. The lowest BCUT2D eigenvalue weighted by atomic mass is 10.1. The van der Waals surface area contributed by atoms with Crippen LogP contribution < -0.4 is 4.74 Å². The van der Waals surface area contributed by atoms with Gasteiger partial charge in [0.1, 0.15) is 11.8 Å². The molecule has 0 atom stereocenters. The number of benzene rings is 1. The number of hydrogen-bond donors (Lipinski definition) is 0. The van der Waals surface area contributed by atoms with Crippen LogP contribution in [0, 0.1) is 0 Å². The van der Waals surface area contributed by atoms with E-state index < -0.39 is 0 Å². The fourth-order valence-electron chi connectivity index (χ4n) is 3.47. The lowest BCUT2D eigenvalue weighted by molar-refractivity contribution is 0.0580. The van der Waals surface area contributed by atoms with Gasteiger partial charge in [-0.3, -0.25) is 9.78 Å². The summed E-state index contributed by atoms with van der Waals surface area (Å²) in [6.45, 7) is 1.19. The smallest absolute Gasteiger partial charge is 0.274 e. The van der Waals surface area contributed by atoms with E-state index in [1.807, 2.05) is 36.4 Å². The first-order valence-electron chi connectivity index (χ1n) is 9.78. The first-order chi connectivity index (χ1) is 14.8. The maximum Gasteiger partial charge on any atom is 0.274 e. The summed E-state index contributed by atoms with van der Waals surface area (Å²) in [5, 5.41) is 12.4. The van der Waals surface area contributed by atoms with E-state index in [9.17, 15) is 4.79 Å². The molecule has 0 spiro atoms. The van der Waals surface area contributed by atoms with Gasteiger partial charge >= 0.3 is 0 Å². The Bertz CT molecular complexity index is 1150. The van der Waals surface area contributed by atoms with Gasteiger partial charge in [-0.2, -0.15) is 5.10 Å². The molecule has 1 fully saturated rings. The second kappa shape index (κ2) is 7.86. The van der Waals surface area contributed by atoms with Crippen molar-refractivity contribution in [1.82, 2.24) is 34.8 Å². The molecule has 30 heavy (non-hydrogen) atoms. The summed E-state index contributed by atoms with van der Waals surface area (Å²) in [7, 11) is 0. The molecule has 1 amide bonds. The van der Waals surface area contributed by atoms with Crippen LogP contribution in [-0.4, -0.2) is 59.9 Å². The molecule has 4 heterocycles. The normalized spacial score (nSPS) is 14.7. The molecule has 0 bridgehead atoms. The number of piperidine rings is 1. The van der Waals surface area contributed by atoms with Gasteiger partial charge in [0.15, 0.2) is 5.82 Å². The Morgan fingerprint density at radius 2 is 1.83 bits per heavy atom. The third kappa shape index (κ3) is 3.69. The van der Waals surface area contributed by atoms with Crippen LogP contribution in [0.1, 0.15) is 23.3 Å². The lowest BCUT2D eigenvalue weighted by Crippen LogP contribution is -2.42. The van der Waals surface area contributed by atoms with Crippen LogP contribution in [0.15, 0.2) is 61.1 Å². The van der Waals surface area contributed by atoms with E-state index in [1.54, 1.807) is 34.2 Å². The molecule has 0 aliphatic carbocycles. The number of hydrogen-bond acceptors (Lipinski definition) is 7. The van der Waals surface area contributed by atoms with Gasteiger partial charge in [0.25, 0.3) is 5.91 Å². The summed E-state index contributed by atoms with van der Waals surface area (Å²) in [6.07, 6.45) is 6.46. The molecule has 150 valence electrons. The molecule has 1 aliphatic heterocycles. The van der Waals surface area contributed by atoms with Crippen molar-refractivity contribution in [3.05, 3.63) is 66.7 Å². The molecule has 1 saturated heterocycles. The van der Waals surface area contributed by atoms with Crippen LogP contribution in [-0.2, 0) is 0 Å². The number of aromatic nitrogens is 6. The van der Waals surface area contributed by atoms with Crippen molar-refractivity contribution >= 4 is 16.9 Å². The van der Waals surface area contributed by atoms with Crippen molar-refractivity contribution in [2.24, 2.45) is 0 Å². The highest BCUT2D eigenvalue weighted by molar-refractivity contribution is 5.93. The second-order valence-corrected chi connectivity index (χ2v) is 7.03.